The highest BCUT2D eigenvalue weighted by Gasteiger charge is 1.92. The summed E-state index contributed by atoms with van der Waals surface area (Å²) in [6.07, 6.45) is 3.82. The lowest BCUT2D eigenvalue weighted by Crippen LogP contribution is -1.90. The molecule has 2 aromatic rings. The van der Waals surface area contributed by atoms with E-state index in [0.717, 1.165) is 11.1 Å². The number of benzene rings is 1. The van der Waals surface area contributed by atoms with Crippen LogP contribution in [0.25, 0.3) is 0 Å². The normalized spacial score (nSPS) is 9.56. The highest BCUT2D eigenvalue weighted by Crippen LogP contribution is 2.00. The fraction of sp³-hybridized carbons (Fsp3) is 0.143. The molecule has 0 amide bonds. The number of aliphatic hydroxyl groups excluding tert-OH is 1. The van der Waals surface area contributed by atoms with E-state index in [-0.39, 0.29) is 6.61 Å². The Morgan fingerprint density at radius 1 is 1.12 bits per heavy atom. The molecule has 0 radical (unpaired) electrons. The largest absolute Gasteiger partial charge is 0.392 e. The van der Waals surface area contributed by atoms with E-state index in [1.54, 1.807) is 0 Å². The van der Waals surface area contributed by atoms with Crippen LogP contribution < -0.4 is 0 Å². The first kappa shape index (κ1) is 10.5. The van der Waals surface area contributed by atoms with E-state index in [9.17, 15) is 0 Å². The van der Waals surface area contributed by atoms with Gasteiger partial charge in [0.15, 0.2) is 0 Å². The highest BCUT2D eigenvalue weighted by atomic mass is 16.3. The van der Waals surface area contributed by atoms with Crippen molar-refractivity contribution in [3.8, 4) is 11.8 Å². The molecule has 0 spiro atoms. The van der Waals surface area contributed by atoms with Gasteiger partial charge >= 0.3 is 0 Å². The Hall–Kier alpha value is -1.98. The topological polar surface area (TPSA) is 25.2 Å². The third kappa shape index (κ3) is 2.75. The van der Waals surface area contributed by atoms with Gasteiger partial charge in [0.05, 0.1) is 13.2 Å². The Balaban J connectivity index is 2.00. The van der Waals surface area contributed by atoms with Gasteiger partial charge in [-0.25, -0.2) is 0 Å². The summed E-state index contributed by atoms with van der Waals surface area (Å²) in [7, 11) is 0. The van der Waals surface area contributed by atoms with Crippen LogP contribution in [0.1, 0.15) is 11.1 Å². The van der Waals surface area contributed by atoms with E-state index < -0.39 is 0 Å². The molecule has 0 saturated carbocycles. The van der Waals surface area contributed by atoms with Gasteiger partial charge in [-0.05, 0) is 23.8 Å². The summed E-state index contributed by atoms with van der Waals surface area (Å²) < 4.78 is 1.96. The maximum atomic E-state index is 8.90. The van der Waals surface area contributed by atoms with E-state index >= 15 is 0 Å². The van der Waals surface area contributed by atoms with E-state index in [0.29, 0.717) is 6.54 Å². The number of nitrogens with zero attached hydrogens (tertiary/aromatic N) is 1. The molecule has 2 heteroatoms. The van der Waals surface area contributed by atoms with Crippen LogP contribution in [0.5, 0.6) is 0 Å². The first-order valence-corrected chi connectivity index (χ1v) is 5.18. The Labute approximate surface area is 95.2 Å². The van der Waals surface area contributed by atoms with Crippen LogP contribution >= 0.6 is 0 Å². The predicted molar refractivity (Wildman–Crippen MR) is 63.7 cm³/mol. The van der Waals surface area contributed by atoms with Crippen molar-refractivity contribution >= 4 is 0 Å². The van der Waals surface area contributed by atoms with Crippen molar-refractivity contribution in [1.82, 2.24) is 4.57 Å². The van der Waals surface area contributed by atoms with Crippen molar-refractivity contribution in [2.45, 2.75) is 13.2 Å². The van der Waals surface area contributed by atoms with Gasteiger partial charge in [0.2, 0.25) is 0 Å². The van der Waals surface area contributed by atoms with Crippen molar-refractivity contribution in [3.63, 3.8) is 0 Å². The maximum Gasteiger partial charge on any atom is 0.0835 e. The first-order valence-electron chi connectivity index (χ1n) is 5.18. The second kappa shape index (κ2) is 5.20. The Morgan fingerprint density at radius 2 is 1.94 bits per heavy atom. The van der Waals surface area contributed by atoms with Crippen LogP contribution in [0, 0.1) is 11.8 Å². The molecule has 0 aliphatic heterocycles. The molecule has 0 aliphatic rings. The second-order valence-corrected chi connectivity index (χ2v) is 3.52. The first-order chi connectivity index (χ1) is 7.88. The summed E-state index contributed by atoms with van der Waals surface area (Å²) in [5.74, 6) is 6.17. The molecular weight excluding hydrogens is 198 g/mol. The molecule has 1 N–H and O–H groups in total. The minimum Gasteiger partial charge on any atom is -0.392 e. The van der Waals surface area contributed by atoms with Gasteiger partial charge in [0.25, 0.3) is 0 Å². The van der Waals surface area contributed by atoms with Crippen LogP contribution in [0.3, 0.4) is 0 Å². The minimum atomic E-state index is 0.0825. The lowest BCUT2D eigenvalue weighted by Gasteiger charge is -1.93. The predicted octanol–water partition coefficient (Wildman–Crippen LogP) is 2.03. The number of rotatable bonds is 2. The summed E-state index contributed by atoms with van der Waals surface area (Å²) >= 11 is 0. The molecule has 1 aromatic heterocycles. The summed E-state index contributed by atoms with van der Waals surface area (Å²) in [6, 6.07) is 11.8. The molecule has 1 aromatic carbocycles. The summed E-state index contributed by atoms with van der Waals surface area (Å²) in [5.41, 5.74) is 1.94. The Kier molecular flexibility index (Phi) is 3.42. The fourth-order valence-corrected chi connectivity index (χ4v) is 1.44. The van der Waals surface area contributed by atoms with Gasteiger partial charge in [-0.2, -0.15) is 0 Å². The van der Waals surface area contributed by atoms with E-state index in [1.165, 1.54) is 0 Å². The van der Waals surface area contributed by atoms with Crippen molar-refractivity contribution in [3.05, 3.63) is 59.9 Å². The molecule has 2 nitrogen and oxygen atoms in total. The zero-order chi connectivity index (χ0) is 11.2. The summed E-state index contributed by atoms with van der Waals surface area (Å²) in [6.45, 7) is 0.730. The fourth-order valence-electron chi connectivity index (χ4n) is 1.44. The smallest absolute Gasteiger partial charge is 0.0835 e. The van der Waals surface area contributed by atoms with Crippen molar-refractivity contribution in [1.29, 1.82) is 0 Å². The number of hydrogen-bond donors (Lipinski definition) is 1. The zero-order valence-corrected chi connectivity index (χ0v) is 8.93. The van der Waals surface area contributed by atoms with Crippen molar-refractivity contribution < 1.29 is 5.11 Å². The van der Waals surface area contributed by atoms with E-state index in [1.807, 2.05) is 53.4 Å². The Bertz CT molecular complexity index is 502. The van der Waals surface area contributed by atoms with Gasteiger partial charge in [0.1, 0.15) is 0 Å². The summed E-state index contributed by atoms with van der Waals surface area (Å²) in [4.78, 5) is 0. The van der Waals surface area contributed by atoms with Gasteiger partial charge in [-0.3, -0.25) is 0 Å². The molecule has 0 aliphatic carbocycles. The average Bonchev–Trinajstić information content (AvgIpc) is 2.78. The third-order valence-electron chi connectivity index (χ3n) is 2.26. The van der Waals surface area contributed by atoms with Crippen LogP contribution in [0.2, 0.25) is 0 Å². The van der Waals surface area contributed by atoms with E-state index in [2.05, 4.69) is 11.8 Å². The molecule has 16 heavy (non-hydrogen) atoms. The highest BCUT2D eigenvalue weighted by molar-refractivity contribution is 5.33. The van der Waals surface area contributed by atoms with Crippen LogP contribution in [-0.4, -0.2) is 9.67 Å². The second-order valence-electron chi connectivity index (χ2n) is 3.52. The molecule has 0 fully saturated rings. The summed E-state index contributed by atoms with van der Waals surface area (Å²) in [5, 5.41) is 8.90. The number of aliphatic hydroxyl groups is 1. The molecule has 2 rings (SSSR count). The SMILES string of the molecule is OCc1ccn(CC#Cc2ccccc2)c1. The van der Waals surface area contributed by atoms with Gasteiger partial charge in [-0.1, -0.05) is 30.0 Å². The molecule has 0 saturated heterocycles. The number of aromatic nitrogens is 1. The molecule has 80 valence electrons. The zero-order valence-electron chi connectivity index (χ0n) is 8.93. The molecular formula is C14H13NO. The molecule has 0 atom stereocenters. The lowest BCUT2D eigenvalue weighted by atomic mass is 10.2. The standard InChI is InChI=1S/C14H13NO/c16-12-14-8-10-15(11-14)9-4-7-13-5-2-1-3-6-13/h1-3,5-6,8,10-11,16H,9,12H2. The van der Waals surface area contributed by atoms with Gasteiger partial charge < -0.3 is 9.67 Å². The Morgan fingerprint density at radius 3 is 2.62 bits per heavy atom. The molecule has 1 heterocycles. The maximum absolute atomic E-state index is 8.90. The molecule has 0 bridgehead atoms. The lowest BCUT2D eigenvalue weighted by molar-refractivity contribution is 0.282. The minimum absolute atomic E-state index is 0.0825. The van der Waals surface area contributed by atoms with E-state index in [4.69, 9.17) is 5.11 Å². The average molecular weight is 211 g/mol. The van der Waals surface area contributed by atoms with Crippen molar-refractivity contribution in [2.75, 3.05) is 0 Å². The quantitative estimate of drug-likeness (QED) is 0.755. The monoisotopic (exact) mass is 211 g/mol. The van der Waals surface area contributed by atoms with Crippen LogP contribution in [0.4, 0.5) is 0 Å². The van der Waals surface area contributed by atoms with Crippen LogP contribution in [0.15, 0.2) is 48.8 Å². The third-order valence-corrected chi connectivity index (χ3v) is 2.26. The van der Waals surface area contributed by atoms with Gasteiger partial charge in [0, 0.05) is 18.0 Å². The van der Waals surface area contributed by atoms with Gasteiger partial charge in [-0.15, -0.1) is 0 Å². The van der Waals surface area contributed by atoms with Crippen LogP contribution in [-0.2, 0) is 13.2 Å². The molecule has 0 unspecified atom stereocenters. The number of hydrogen-bond acceptors (Lipinski definition) is 1. The van der Waals surface area contributed by atoms with Crippen molar-refractivity contribution in [2.24, 2.45) is 0 Å².